The number of halogens is 1. The first-order valence-corrected chi connectivity index (χ1v) is 5.53. The van der Waals surface area contributed by atoms with Gasteiger partial charge in [0.15, 0.2) is 0 Å². The van der Waals surface area contributed by atoms with Crippen molar-refractivity contribution in [2.24, 2.45) is 0 Å². The number of rotatable bonds is 4. The molecule has 1 aromatic rings. The van der Waals surface area contributed by atoms with E-state index < -0.39 is 0 Å². The molecule has 0 amide bonds. The molecule has 0 saturated carbocycles. The lowest BCUT2D eigenvalue weighted by Crippen LogP contribution is -2.20. The molecule has 14 heavy (non-hydrogen) atoms. The van der Waals surface area contributed by atoms with Crippen molar-refractivity contribution < 1.29 is 0 Å². The van der Waals surface area contributed by atoms with E-state index in [0.717, 1.165) is 17.6 Å². The number of hydrogen-bond acceptors (Lipinski definition) is 2. The van der Waals surface area contributed by atoms with Crippen molar-refractivity contribution in [1.82, 2.24) is 4.90 Å². The summed E-state index contributed by atoms with van der Waals surface area (Å²) in [6, 6.07) is 6.32. The molecule has 0 aliphatic rings. The quantitative estimate of drug-likeness (QED) is 0.892. The predicted molar refractivity (Wildman–Crippen MR) is 65.9 cm³/mol. The molecule has 0 aliphatic carbocycles. The summed E-state index contributed by atoms with van der Waals surface area (Å²) < 4.78 is 1.16. The maximum absolute atomic E-state index is 3.48. The molecule has 0 unspecified atom stereocenters. The van der Waals surface area contributed by atoms with Crippen molar-refractivity contribution in [3.05, 3.63) is 28.2 Å². The summed E-state index contributed by atoms with van der Waals surface area (Å²) in [6.45, 7) is 4.13. The van der Waals surface area contributed by atoms with Crippen LogP contribution < -0.4 is 5.32 Å². The molecular formula is C11H17BrN2. The van der Waals surface area contributed by atoms with Gasteiger partial charge in [0.1, 0.15) is 0 Å². The van der Waals surface area contributed by atoms with Gasteiger partial charge in [-0.05, 0) is 44.8 Å². The lowest BCUT2D eigenvalue weighted by atomic mass is 10.2. The first-order valence-electron chi connectivity index (χ1n) is 4.74. The molecular weight excluding hydrogens is 240 g/mol. The van der Waals surface area contributed by atoms with Crippen LogP contribution >= 0.6 is 15.9 Å². The summed E-state index contributed by atoms with van der Waals surface area (Å²) in [7, 11) is 4.16. The number of nitrogens with one attached hydrogen (secondary N) is 1. The maximum Gasteiger partial charge on any atom is 0.0344 e. The molecule has 0 saturated heterocycles. The Kier molecular flexibility index (Phi) is 4.42. The van der Waals surface area contributed by atoms with Crippen LogP contribution in [0.2, 0.25) is 0 Å². The number of benzene rings is 1. The largest absolute Gasteiger partial charge is 0.384 e. The molecule has 0 heterocycles. The normalized spacial score (nSPS) is 10.6. The third-order valence-corrected chi connectivity index (χ3v) is 2.94. The minimum atomic E-state index is 0.980. The van der Waals surface area contributed by atoms with E-state index in [0.29, 0.717) is 0 Å². The number of aryl methyl sites for hydroxylation is 1. The summed E-state index contributed by atoms with van der Waals surface area (Å²) in [4.78, 5) is 2.17. The van der Waals surface area contributed by atoms with Gasteiger partial charge in [0, 0.05) is 23.2 Å². The molecule has 2 nitrogen and oxygen atoms in total. The van der Waals surface area contributed by atoms with Gasteiger partial charge in [0.25, 0.3) is 0 Å². The monoisotopic (exact) mass is 256 g/mol. The van der Waals surface area contributed by atoms with E-state index in [1.54, 1.807) is 0 Å². The van der Waals surface area contributed by atoms with Crippen LogP contribution in [-0.4, -0.2) is 32.1 Å². The Hall–Kier alpha value is -0.540. The predicted octanol–water partition coefficient (Wildman–Crippen LogP) is 2.73. The molecule has 0 bridgehead atoms. The van der Waals surface area contributed by atoms with Crippen LogP contribution in [0.1, 0.15) is 5.56 Å². The van der Waals surface area contributed by atoms with E-state index in [-0.39, 0.29) is 0 Å². The van der Waals surface area contributed by atoms with Crippen LogP contribution in [0.5, 0.6) is 0 Å². The first-order chi connectivity index (χ1) is 6.59. The molecule has 1 aromatic carbocycles. The third-order valence-electron chi connectivity index (χ3n) is 2.05. The van der Waals surface area contributed by atoms with Crippen LogP contribution in [-0.2, 0) is 0 Å². The minimum Gasteiger partial charge on any atom is -0.384 e. The van der Waals surface area contributed by atoms with Gasteiger partial charge in [0.05, 0.1) is 0 Å². The average molecular weight is 257 g/mol. The van der Waals surface area contributed by atoms with Crippen molar-refractivity contribution in [3.63, 3.8) is 0 Å². The number of hydrogen-bond donors (Lipinski definition) is 1. The summed E-state index contributed by atoms with van der Waals surface area (Å²) in [5, 5.41) is 3.38. The highest BCUT2D eigenvalue weighted by atomic mass is 79.9. The molecule has 0 spiro atoms. The molecule has 3 heteroatoms. The van der Waals surface area contributed by atoms with Gasteiger partial charge >= 0.3 is 0 Å². The maximum atomic E-state index is 3.48. The van der Waals surface area contributed by atoms with E-state index in [9.17, 15) is 0 Å². The van der Waals surface area contributed by atoms with Gasteiger partial charge in [-0.2, -0.15) is 0 Å². The van der Waals surface area contributed by atoms with E-state index >= 15 is 0 Å². The summed E-state index contributed by atoms with van der Waals surface area (Å²) in [5.74, 6) is 0. The molecule has 0 aromatic heterocycles. The zero-order valence-corrected chi connectivity index (χ0v) is 10.6. The lowest BCUT2D eigenvalue weighted by molar-refractivity contribution is 0.425. The lowest BCUT2D eigenvalue weighted by Gasteiger charge is -2.12. The van der Waals surface area contributed by atoms with E-state index in [1.807, 2.05) is 0 Å². The van der Waals surface area contributed by atoms with Crippen LogP contribution in [0.3, 0.4) is 0 Å². The number of likely N-dealkylation sites (N-methyl/N-ethyl adjacent to an activating group) is 1. The molecule has 0 radical (unpaired) electrons. The second-order valence-corrected chi connectivity index (χ2v) is 4.55. The molecule has 0 aliphatic heterocycles. The Labute approximate surface area is 94.4 Å². The van der Waals surface area contributed by atoms with Gasteiger partial charge in [-0.3, -0.25) is 0 Å². The average Bonchev–Trinajstić information content (AvgIpc) is 2.10. The number of anilines is 1. The fourth-order valence-corrected chi connectivity index (χ4v) is 1.43. The minimum absolute atomic E-state index is 0.980. The highest BCUT2D eigenvalue weighted by Gasteiger charge is 1.96. The second kappa shape index (κ2) is 5.37. The smallest absolute Gasteiger partial charge is 0.0344 e. The fraction of sp³-hybridized carbons (Fsp3) is 0.455. The summed E-state index contributed by atoms with van der Waals surface area (Å²) in [5.41, 5.74) is 2.45. The van der Waals surface area contributed by atoms with E-state index in [4.69, 9.17) is 0 Å². The zero-order valence-electron chi connectivity index (χ0n) is 8.97. The van der Waals surface area contributed by atoms with Gasteiger partial charge in [0.2, 0.25) is 0 Å². The Bertz CT molecular complexity index is 297. The molecule has 0 atom stereocenters. The van der Waals surface area contributed by atoms with Crippen LogP contribution in [0, 0.1) is 6.92 Å². The Morgan fingerprint density at radius 3 is 2.64 bits per heavy atom. The Balaban J connectivity index is 2.47. The number of nitrogens with zero attached hydrogens (tertiary/aromatic N) is 1. The highest BCUT2D eigenvalue weighted by molar-refractivity contribution is 9.10. The van der Waals surface area contributed by atoms with Gasteiger partial charge in [-0.1, -0.05) is 15.9 Å². The van der Waals surface area contributed by atoms with Crippen LogP contribution in [0.15, 0.2) is 22.7 Å². The van der Waals surface area contributed by atoms with E-state index in [1.165, 1.54) is 11.3 Å². The molecule has 1 N–H and O–H groups in total. The van der Waals surface area contributed by atoms with Crippen molar-refractivity contribution >= 4 is 21.6 Å². The standard InChI is InChI=1S/C11H17BrN2/c1-9-8-10(4-5-11(9)12)13-6-7-14(2)3/h4-5,8,13H,6-7H2,1-3H3. The van der Waals surface area contributed by atoms with Crippen molar-refractivity contribution in [1.29, 1.82) is 0 Å². The second-order valence-electron chi connectivity index (χ2n) is 3.69. The fourth-order valence-electron chi connectivity index (χ4n) is 1.18. The van der Waals surface area contributed by atoms with Gasteiger partial charge in [-0.25, -0.2) is 0 Å². The van der Waals surface area contributed by atoms with Crippen molar-refractivity contribution in [2.75, 3.05) is 32.5 Å². The Morgan fingerprint density at radius 1 is 1.36 bits per heavy atom. The Morgan fingerprint density at radius 2 is 2.07 bits per heavy atom. The molecule has 0 fully saturated rings. The summed E-state index contributed by atoms with van der Waals surface area (Å²) in [6.07, 6.45) is 0. The zero-order chi connectivity index (χ0) is 10.6. The topological polar surface area (TPSA) is 15.3 Å². The SMILES string of the molecule is Cc1cc(NCCN(C)C)ccc1Br. The van der Waals surface area contributed by atoms with Crippen LogP contribution in [0.4, 0.5) is 5.69 Å². The summed E-state index contributed by atoms with van der Waals surface area (Å²) >= 11 is 3.48. The molecule has 78 valence electrons. The highest BCUT2D eigenvalue weighted by Crippen LogP contribution is 2.19. The first kappa shape index (κ1) is 11.5. The van der Waals surface area contributed by atoms with Gasteiger partial charge in [-0.15, -0.1) is 0 Å². The van der Waals surface area contributed by atoms with Crippen LogP contribution in [0.25, 0.3) is 0 Å². The van der Waals surface area contributed by atoms with E-state index in [2.05, 4.69) is 65.4 Å². The molecule has 1 rings (SSSR count). The third kappa shape index (κ3) is 3.68. The van der Waals surface area contributed by atoms with Gasteiger partial charge < -0.3 is 10.2 Å². The van der Waals surface area contributed by atoms with Crippen molar-refractivity contribution in [3.8, 4) is 0 Å². The van der Waals surface area contributed by atoms with Crippen molar-refractivity contribution in [2.45, 2.75) is 6.92 Å².